The molecular formula is C24H19IN2O5. The van der Waals surface area contributed by atoms with E-state index in [9.17, 15) is 14.4 Å². The highest BCUT2D eigenvalue weighted by Gasteiger charge is 2.28. The van der Waals surface area contributed by atoms with Crippen molar-refractivity contribution in [3.8, 4) is 11.5 Å². The van der Waals surface area contributed by atoms with Crippen molar-refractivity contribution >= 4 is 57.3 Å². The normalized spacial score (nSPS) is 13.6. The van der Waals surface area contributed by atoms with Crippen LogP contribution in [-0.2, 0) is 16.2 Å². The molecule has 1 aliphatic heterocycles. The highest BCUT2D eigenvalue weighted by Crippen LogP contribution is 2.36. The van der Waals surface area contributed by atoms with Crippen LogP contribution in [-0.4, -0.2) is 24.5 Å². The Morgan fingerprint density at radius 1 is 0.938 bits per heavy atom. The van der Waals surface area contributed by atoms with E-state index < -0.39 is 17.8 Å². The van der Waals surface area contributed by atoms with Gasteiger partial charge in [-0.2, -0.15) is 0 Å². The summed E-state index contributed by atoms with van der Waals surface area (Å²) in [5.41, 5.74) is 1.46. The second kappa shape index (κ2) is 9.39. The van der Waals surface area contributed by atoms with Crippen molar-refractivity contribution in [2.75, 3.05) is 6.61 Å². The molecule has 4 rings (SSSR count). The number of benzene rings is 3. The number of halogens is 1. The predicted octanol–water partition coefficient (Wildman–Crippen LogP) is 4.17. The third-order valence-corrected chi connectivity index (χ3v) is 5.64. The smallest absolute Gasteiger partial charge is 0.328 e. The quantitative estimate of drug-likeness (QED) is 0.277. The van der Waals surface area contributed by atoms with Gasteiger partial charge in [0.15, 0.2) is 11.5 Å². The largest absolute Gasteiger partial charge is 0.490 e. The van der Waals surface area contributed by atoms with Gasteiger partial charge in [-0.05, 0) is 69.6 Å². The number of carbonyl (C=O) groups is 3. The highest BCUT2D eigenvalue weighted by molar-refractivity contribution is 14.1. The standard InChI is InChI=1S/C24H19IN2O5/c1-2-31-20-12-14(10-18-22(28)26-24(30)27-23(18)29)11-19(25)21(20)32-13-16-8-5-7-15-6-3-4-9-17(15)16/h3-12H,2,13H2,1H3,(H2,26,27,28,29,30). The minimum Gasteiger partial charge on any atom is -0.490 e. The summed E-state index contributed by atoms with van der Waals surface area (Å²) >= 11 is 2.13. The zero-order valence-electron chi connectivity index (χ0n) is 17.1. The molecule has 0 radical (unpaired) electrons. The summed E-state index contributed by atoms with van der Waals surface area (Å²) in [6.07, 6.45) is 1.41. The van der Waals surface area contributed by atoms with Crippen LogP contribution < -0.4 is 20.1 Å². The summed E-state index contributed by atoms with van der Waals surface area (Å²) in [5, 5.41) is 6.38. The lowest BCUT2D eigenvalue weighted by Crippen LogP contribution is -2.51. The van der Waals surface area contributed by atoms with Gasteiger partial charge in [-0.3, -0.25) is 20.2 Å². The van der Waals surface area contributed by atoms with Crippen LogP contribution in [0.5, 0.6) is 11.5 Å². The maximum Gasteiger partial charge on any atom is 0.328 e. The fourth-order valence-corrected chi connectivity index (χ4v) is 4.20. The minimum atomic E-state index is -0.834. The number of fused-ring (bicyclic) bond motifs is 1. The van der Waals surface area contributed by atoms with Crippen molar-refractivity contribution in [3.63, 3.8) is 0 Å². The van der Waals surface area contributed by atoms with E-state index in [2.05, 4.69) is 51.4 Å². The van der Waals surface area contributed by atoms with E-state index in [4.69, 9.17) is 9.47 Å². The first-order valence-electron chi connectivity index (χ1n) is 9.90. The molecule has 0 atom stereocenters. The Balaban J connectivity index is 1.64. The van der Waals surface area contributed by atoms with E-state index in [1.165, 1.54) is 6.08 Å². The first-order chi connectivity index (χ1) is 15.5. The van der Waals surface area contributed by atoms with Crippen LogP contribution in [0.2, 0.25) is 0 Å². The summed E-state index contributed by atoms with van der Waals surface area (Å²) in [6, 6.07) is 16.8. The number of nitrogens with one attached hydrogen (secondary N) is 2. The van der Waals surface area contributed by atoms with E-state index in [0.29, 0.717) is 30.3 Å². The molecule has 1 aliphatic rings. The maximum absolute atomic E-state index is 12.0. The van der Waals surface area contributed by atoms with Crippen LogP contribution >= 0.6 is 22.6 Å². The van der Waals surface area contributed by atoms with Crippen LogP contribution in [0.4, 0.5) is 4.79 Å². The number of hydrogen-bond donors (Lipinski definition) is 2. The average Bonchev–Trinajstić information content (AvgIpc) is 2.76. The van der Waals surface area contributed by atoms with Gasteiger partial charge >= 0.3 is 6.03 Å². The Morgan fingerprint density at radius 2 is 1.66 bits per heavy atom. The van der Waals surface area contributed by atoms with E-state index >= 15 is 0 Å². The number of carbonyl (C=O) groups excluding carboxylic acids is 3. The molecule has 0 unspecified atom stereocenters. The van der Waals surface area contributed by atoms with Crippen molar-refractivity contribution in [2.24, 2.45) is 0 Å². The molecule has 0 aliphatic carbocycles. The molecule has 0 saturated carbocycles. The zero-order chi connectivity index (χ0) is 22.7. The molecule has 3 aromatic carbocycles. The van der Waals surface area contributed by atoms with Crippen molar-refractivity contribution in [1.82, 2.24) is 10.6 Å². The second-order valence-electron chi connectivity index (χ2n) is 6.99. The van der Waals surface area contributed by atoms with Crippen LogP contribution in [0.25, 0.3) is 16.8 Å². The number of amides is 4. The molecule has 1 heterocycles. The molecule has 3 aromatic rings. The lowest BCUT2D eigenvalue weighted by molar-refractivity contribution is -0.123. The number of urea groups is 1. The predicted molar refractivity (Wildman–Crippen MR) is 128 cm³/mol. The van der Waals surface area contributed by atoms with Gasteiger partial charge in [0.2, 0.25) is 0 Å². The fourth-order valence-electron chi connectivity index (χ4n) is 3.42. The molecular weight excluding hydrogens is 523 g/mol. The molecule has 2 N–H and O–H groups in total. The lowest BCUT2D eigenvalue weighted by atomic mass is 10.1. The van der Waals surface area contributed by atoms with Crippen molar-refractivity contribution < 1.29 is 23.9 Å². The summed E-state index contributed by atoms with van der Waals surface area (Å²) in [4.78, 5) is 35.3. The summed E-state index contributed by atoms with van der Waals surface area (Å²) in [7, 11) is 0. The van der Waals surface area contributed by atoms with Crippen LogP contribution in [0.3, 0.4) is 0 Å². The Morgan fingerprint density at radius 3 is 2.41 bits per heavy atom. The molecule has 0 spiro atoms. The van der Waals surface area contributed by atoms with Gasteiger partial charge < -0.3 is 9.47 Å². The summed E-state index contributed by atoms with van der Waals surface area (Å²) in [5.74, 6) is -0.416. The van der Waals surface area contributed by atoms with E-state index in [1.54, 1.807) is 12.1 Å². The Labute approximate surface area is 197 Å². The van der Waals surface area contributed by atoms with Crippen LogP contribution in [0.15, 0.2) is 60.2 Å². The van der Waals surface area contributed by atoms with E-state index in [0.717, 1.165) is 19.9 Å². The number of imide groups is 2. The summed E-state index contributed by atoms with van der Waals surface area (Å²) < 4.78 is 12.7. The number of barbiturate groups is 1. The molecule has 0 aromatic heterocycles. The van der Waals surface area contributed by atoms with Crippen molar-refractivity contribution in [1.29, 1.82) is 0 Å². The van der Waals surface area contributed by atoms with Gasteiger partial charge in [-0.15, -0.1) is 0 Å². The van der Waals surface area contributed by atoms with Crippen molar-refractivity contribution in [3.05, 3.63) is 74.9 Å². The van der Waals surface area contributed by atoms with Gasteiger partial charge in [-0.1, -0.05) is 42.5 Å². The van der Waals surface area contributed by atoms with E-state index in [1.807, 2.05) is 31.2 Å². The SMILES string of the molecule is CCOc1cc(C=C2C(=O)NC(=O)NC2=O)cc(I)c1OCc1cccc2ccccc12. The third-order valence-electron chi connectivity index (χ3n) is 4.84. The summed E-state index contributed by atoms with van der Waals surface area (Å²) in [6.45, 7) is 2.63. The lowest BCUT2D eigenvalue weighted by Gasteiger charge is -2.17. The number of hydrogen-bond acceptors (Lipinski definition) is 5. The molecule has 1 fully saturated rings. The molecule has 8 heteroatoms. The topological polar surface area (TPSA) is 93.7 Å². The monoisotopic (exact) mass is 542 g/mol. The van der Waals surface area contributed by atoms with Crippen molar-refractivity contribution in [2.45, 2.75) is 13.5 Å². The van der Waals surface area contributed by atoms with E-state index in [-0.39, 0.29) is 5.57 Å². The average molecular weight is 542 g/mol. The van der Waals surface area contributed by atoms with Gasteiger partial charge in [0.25, 0.3) is 11.8 Å². The van der Waals surface area contributed by atoms with Gasteiger partial charge in [0.1, 0.15) is 12.2 Å². The third kappa shape index (κ3) is 4.59. The molecule has 1 saturated heterocycles. The Hall–Kier alpha value is -3.40. The zero-order valence-corrected chi connectivity index (χ0v) is 19.3. The maximum atomic E-state index is 12.0. The molecule has 32 heavy (non-hydrogen) atoms. The number of ether oxygens (including phenoxy) is 2. The molecule has 4 amide bonds. The molecule has 7 nitrogen and oxygen atoms in total. The van der Waals surface area contributed by atoms with Gasteiger partial charge in [0, 0.05) is 0 Å². The Bertz CT molecular complexity index is 1240. The first-order valence-corrected chi connectivity index (χ1v) is 11.0. The second-order valence-corrected chi connectivity index (χ2v) is 8.15. The first kappa shape index (κ1) is 21.8. The van der Waals surface area contributed by atoms with Crippen LogP contribution in [0, 0.1) is 3.57 Å². The van der Waals surface area contributed by atoms with Gasteiger partial charge in [0.05, 0.1) is 10.2 Å². The highest BCUT2D eigenvalue weighted by atomic mass is 127. The minimum absolute atomic E-state index is 0.160. The molecule has 162 valence electrons. The molecule has 0 bridgehead atoms. The Kier molecular flexibility index (Phi) is 6.40. The fraction of sp³-hybridized carbons (Fsp3) is 0.125. The van der Waals surface area contributed by atoms with Crippen LogP contribution in [0.1, 0.15) is 18.1 Å². The van der Waals surface area contributed by atoms with Gasteiger partial charge in [-0.25, -0.2) is 4.79 Å². The number of rotatable bonds is 6.